The normalized spacial score (nSPS) is 12.8. The van der Waals surface area contributed by atoms with Crippen molar-refractivity contribution in [3.05, 3.63) is 107 Å². The predicted molar refractivity (Wildman–Crippen MR) is 124 cm³/mol. The molecule has 0 N–H and O–H groups in total. The fourth-order valence-corrected chi connectivity index (χ4v) is 5.39. The number of hydrogen-bond acceptors (Lipinski definition) is 1. The van der Waals surface area contributed by atoms with E-state index in [0.29, 0.717) is 15.2 Å². The summed E-state index contributed by atoms with van der Waals surface area (Å²) in [5, 5.41) is 3.93. The van der Waals surface area contributed by atoms with Gasteiger partial charge in [0.15, 0.2) is 0 Å². The van der Waals surface area contributed by atoms with Crippen molar-refractivity contribution >= 4 is 50.9 Å². The molecule has 1 aliphatic rings. The number of hydrogen-bond donors (Lipinski definition) is 0. The van der Waals surface area contributed by atoms with Crippen LogP contribution in [0.25, 0.3) is 21.7 Å². The van der Waals surface area contributed by atoms with Gasteiger partial charge in [0.1, 0.15) is 0 Å². The molecule has 0 aliphatic heterocycles. The summed E-state index contributed by atoms with van der Waals surface area (Å²) in [5.41, 5.74) is 4.01. The van der Waals surface area contributed by atoms with E-state index in [4.69, 9.17) is 0 Å². The first-order chi connectivity index (χ1) is 13.4. The average molecular weight is 458 g/mol. The molecule has 1 heterocycles. The molecule has 4 aromatic rings. The Hall–Kier alpha value is -2.08. The van der Waals surface area contributed by atoms with Crippen LogP contribution in [0.5, 0.6) is 0 Å². The van der Waals surface area contributed by atoms with Crippen LogP contribution in [0, 0.1) is 0 Å². The van der Waals surface area contributed by atoms with E-state index in [1.807, 2.05) is 12.3 Å². The standard InChI is InChI=1S/C16H13.C9H6N.2ClH.Cr/c1-2-7-13(6-1)12-15-10-5-9-14-8-3-4-11-16(14)15;1-2-6-9-8(4-1)5-3-7-10-9;;;/h3-11H,1,12H2;1-5,7H;2*1H;. The molecule has 4 heteroatoms. The van der Waals surface area contributed by atoms with E-state index in [-0.39, 0.29) is 24.8 Å². The number of nitrogens with zero attached hydrogens (tertiary/aromatic N) is 1. The summed E-state index contributed by atoms with van der Waals surface area (Å²) in [6, 6.07) is 26.0. The molecule has 0 bridgehead atoms. The number of fused-ring (bicyclic) bond motifs is 2. The predicted octanol–water partition coefficient (Wildman–Crippen LogP) is 6.40. The van der Waals surface area contributed by atoms with Gasteiger partial charge in [0.2, 0.25) is 0 Å². The number of pyridine rings is 1. The van der Waals surface area contributed by atoms with Crippen LogP contribution in [-0.4, -0.2) is 4.98 Å². The summed E-state index contributed by atoms with van der Waals surface area (Å²) < 4.78 is 2.92. The number of aromatic nitrogens is 1. The van der Waals surface area contributed by atoms with Gasteiger partial charge in [-0.05, 0) is 0 Å². The summed E-state index contributed by atoms with van der Waals surface area (Å²) in [6.45, 7) is 0. The molecule has 0 spiro atoms. The maximum absolute atomic E-state index is 4.62. The van der Waals surface area contributed by atoms with Crippen molar-refractivity contribution < 1.29 is 15.2 Å². The minimum absolute atomic E-state index is 0. The van der Waals surface area contributed by atoms with Crippen molar-refractivity contribution in [2.75, 3.05) is 0 Å². The van der Waals surface area contributed by atoms with Gasteiger partial charge in [-0.15, -0.1) is 24.8 Å². The maximum Gasteiger partial charge on any atom is -0.147 e. The zero-order valence-corrected chi connectivity index (χ0v) is 18.7. The van der Waals surface area contributed by atoms with Gasteiger partial charge in [0.25, 0.3) is 0 Å². The van der Waals surface area contributed by atoms with E-state index in [1.165, 1.54) is 36.2 Å². The van der Waals surface area contributed by atoms with Crippen molar-refractivity contribution in [1.29, 1.82) is 0 Å². The van der Waals surface area contributed by atoms with Crippen LogP contribution < -0.4 is 4.43 Å². The smallest absolute Gasteiger partial charge is 0.147 e. The molecule has 1 nitrogen and oxygen atoms in total. The SMILES string of the molecule is C1=C(Cc2cccc3ccccc23)C=[C]([Cr][c]2cccc3cccnc23)C1.Cl.Cl. The Kier molecular flexibility index (Phi) is 7.17. The Morgan fingerprint density at radius 3 is 2.48 bits per heavy atom. The summed E-state index contributed by atoms with van der Waals surface area (Å²) >= 11 is 0.324. The molecule has 1 aliphatic carbocycles. The van der Waals surface area contributed by atoms with Gasteiger partial charge in [-0.2, -0.15) is 0 Å². The first-order valence-electron chi connectivity index (χ1n) is 9.25. The third-order valence-corrected chi connectivity index (χ3v) is 6.73. The van der Waals surface area contributed by atoms with E-state index >= 15 is 0 Å². The fourth-order valence-electron chi connectivity index (χ4n) is 3.72. The number of allylic oxidation sites excluding steroid dienone is 4. The second-order valence-corrected chi connectivity index (χ2v) is 8.67. The van der Waals surface area contributed by atoms with Crippen molar-refractivity contribution in [1.82, 2.24) is 4.98 Å². The van der Waals surface area contributed by atoms with Crippen molar-refractivity contribution in [3.8, 4) is 0 Å². The monoisotopic (exact) mass is 457 g/mol. The van der Waals surface area contributed by atoms with Crippen LogP contribution in [0.2, 0.25) is 0 Å². The molecule has 0 saturated carbocycles. The van der Waals surface area contributed by atoms with Crippen molar-refractivity contribution in [2.24, 2.45) is 0 Å². The largest absolute Gasteiger partial charge is 0.147 e. The summed E-state index contributed by atoms with van der Waals surface area (Å²) in [6.07, 6.45) is 8.80. The first-order valence-corrected chi connectivity index (χ1v) is 10.5. The van der Waals surface area contributed by atoms with Crippen LogP contribution in [0.4, 0.5) is 0 Å². The van der Waals surface area contributed by atoms with Crippen LogP contribution in [-0.2, 0) is 21.6 Å². The minimum atomic E-state index is 0. The van der Waals surface area contributed by atoms with Crippen LogP contribution >= 0.6 is 24.8 Å². The van der Waals surface area contributed by atoms with Crippen molar-refractivity contribution in [2.45, 2.75) is 12.8 Å². The molecule has 0 radical (unpaired) electrons. The van der Waals surface area contributed by atoms with Gasteiger partial charge in [0, 0.05) is 0 Å². The second kappa shape index (κ2) is 9.61. The molecule has 1 aromatic heterocycles. The molecule has 0 fully saturated rings. The molecule has 3 aromatic carbocycles. The number of benzene rings is 3. The van der Waals surface area contributed by atoms with Gasteiger partial charge < -0.3 is 0 Å². The second-order valence-electron chi connectivity index (χ2n) is 6.84. The van der Waals surface area contributed by atoms with E-state index < -0.39 is 0 Å². The molecular formula is C25H21Cl2CrN. The summed E-state index contributed by atoms with van der Waals surface area (Å²) in [4.78, 5) is 4.62. The molecule has 5 rings (SSSR count). The third-order valence-electron chi connectivity index (χ3n) is 5.02. The molecule has 0 saturated heterocycles. The Balaban J connectivity index is 0.00000120. The van der Waals surface area contributed by atoms with Crippen LogP contribution in [0.1, 0.15) is 12.0 Å². The van der Waals surface area contributed by atoms with Gasteiger partial charge >= 0.3 is 166 Å². The zero-order chi connectivity index (χ0) is 18.1. The molecule has 146 valence electrons. The van der Waals surface area contributed by atoms with Gasteiger partial charge in [-0.1, -0.05) is 0 Å². The first kappa shape index (κ1) is 21.6. The Bertz CT molecular complexity index is 1200. The quantitative estimate of drug-likeness (QED) is 0.345. The number of para-hydroxylation sites is 1. The molecular weight excluding hydrogens is 437 g/mol. The molecule has 29 heavy (non-hydrogen) atoms. The fraction of sp³-hybridized carbons (Fsp3) is 0.0800. The molecule has 0 atom stereocenters. The van der Waals surface area contributed by atoms with Gasteiger partial charge in [0.05, 0.1) is 0 Å². The van der Waals surface area contributed by atoms with E-state index in [1.54, 1.807) is 0 Å². The number of halogens is 2. The molecule has 0 unspecified atom stereocenters. The van der Waals surface area contributed by atoms with E-state index in [9.17, 15) is 0 Å². The minimum Gasteiger partial charge on any atom is -0.147 e. The third kappa shape index (κ3) is 4.58. The average Bonchev–Trinajstić information content (AvgIpc) is 3.15. The van der Waals surface area contributed by atoms with Crippen molar-refractivity contribution in [3.63, 3.8) is 0 Å². The van der Waals surface area contributed by atoms with Gasteiger partial charge in [-0.25, -0.2) is 0 Å². The maximum atomic E-state index is 4.62. The summed E-state index contributed by atoms with van der Waals surface area (Å²) in [5.74, 6) is 0. The van der Waals surface area contributed by atoms with E-state index in [0.717, 1.165) is 18.4 Å². The van der Waals surface area contributed by atoms with E-state index in [2.05, 4.69) is 83.9 Å². The Labute approximate surface area is 190 Å². The topological polar surface area (TPSA) is 12.9 Å². The number of rotatable bonds is 4. The Morgan fingerprint density at radius 1 is 0.793 bits per heavy atom. The zero-order valence-electron chi connectivity index (χ0n) is 15.7. The Morgan fingerprint density at radius 2 is 1.55 bits per heavy atom. The molecule has 0 amide bonds. The summed E-state index contributed by atoms with van der Waals surface area (Å²) in [7, 11) is 0. The van der Waals surface area contributed by atoms with Crippen LogP contribution in [0.15, 0.2) is 101 Å². The van der Waals surface area contributed by atoms with Crippen LogP contribution in [0.3, 0.4) is 0 Å². The van der Waals surface area contributed by atoms with Gasteiger partial charge in [-0.3, -0.25) is 0 Å².